The molecule has 0 bridgehead atoms. The normalized spacial score (nSPS) is 17.5. The van der Waals surface area contributed by atoms with Crippen LogP contribution in [0.15, 0.2) is 22.7 Å². The fourth-order valence-corrected chi connectivity index (χ4v) is 2.85. The van der Waals surface area contributed by atoms with Crippen LogP contribution in [0.4, 0.5) is 0 Å². The number of likely N-dealkylation sites (tertiary alicyclic amines) is 1. The van der Waals surface area contributed by atoms with Gasteiger partial charge in [-0.2, -0.15) is 0 Å². The smallest absolute Gasteiger partial charge is 0.0410 e. The minimum absolute atomic E-state index is 0. The third kappa shape index (κ3) is 4.39. The molecule has 2 rings (SSSR count). The molecule has 1 N–H and O–H groups in total. The van der Waals surface area contributed by atoms with E-state index in [-0.39, 0.29) is 12.4 Å². The first-order valence-electron chi connectivity index (χ1n) is 6.02. The van der Waals surface area contributed by atoms with Gasteiger partial charge in [0.15, 0.2) is 0 Å². The van der Waals surface area contributed by atoms with Crippen molar-refractivity contribution in [2.45, 2.75) is 25.4 Å². The molecular formula is C13H19BrCl2N2. The van der Waals surface area contributed by atoms with Crippen LogP contribution < -0.4 is 5.32 Å². The number of hydrogen-bond donors (Lipinski definition) is 1. The van der Waals surface area contributed by atoms with E-state index in [2.05, 4.69) is 32.2 Å². The predicted octanol–water partition coefficient (Wildman–Crippen LogP) is 3.71. The summed E-state index contributed by atoms with van der Waals surface area (Å²) in [4.78, 5) is 2.49. The van der Waals surface area contributed by atoms with E-state index in [9.17, 15) is 0 Å². The van der Waals surface area contributed by atoms with E-state index in [1.165, 1.54) is 18.4 Å². The standard InChI is InChI=1S/C13H18BrClN2.ClH/c1-16-12-4-6-17(7-5-12)9-10-8-11(15)2-3-13(10)14;/h2-3,8,12,16H,4-7,9H2,1H3;1H. The summed E-state index contributed by atoms with van der Waals surface area (Å²) >= 11 is 9.62. The largest absolute Gasteiger partial charge is 0.317 e. The summed E-state index contributed by atoms with van der Waals surface area (Å²) in [5, 5.41) is 4.17. The molecule has 0 aromatic heterocycles. The third-order valence-corrected chi connectivity index (χ3v) is 4.41. The SMILES string of the molecule is CNC1CCN(Cc2cc(Cl)ccc2Br)CC1.Cl. The number of hydrogen-bond acceptors (Lipinski definition) is 2. The third-order valence-electron chi connectivity index (χ3n) is 3.40. The first-order chi connectivity index (χ1) is 8.19. The van der Waals surface area contributed by atoms with Crippen LogP contribution in [0.25, 0.3) is 0 Å². The van der Waals surface area contributed by atoms with E-state index in [1.807, 2.05) is 19.2 Å². The van der Waals surface area contributed by atoms with Crippen molar-refractivity contribution >= 4 is 39.9 Å². The summed E-state index contributed by atoms with van der Waals surface area (Å²) in [5.41, 5.74) is 1.28. The van der Waals surface area contributed by atoms with Crippen molar-refractivity contribution in [3.63, 3.8) is 0 Å². The number of piperidine rings is 1. The Morgan fingerprint density at radius 2 is 2.06 bits per heavy atom. The molecule has 1 heterocycles. The van der Waals surface area contributed by atoms with Crippen molar-refractivity contribution in [2.24, 2.45) is 0 Å². The first kappa shape index (κ1) is 16.3. The van der Waals surface area contributed by atoms with E-state index >= 15 is 0 Å². The fraction of sp³-hybridized carbons (Fsp3) is 0.538. The van der Waals surface area contributed by atoms with Crippen molar-refractivity contribution in [1.29, 1.82) is 0 Å². The summed E-state index contributed by atoms with van der Waals surface area (Å²) in [7, 11) is 2.05. The Balaban J connectivity index is 0.00000162. The van der Waals surface area contributed by atoms with Crippen LogP contribution in [0.5, 0.6) is 0 Å². The van der Waals surface area contributed by atoms with Gasteiger partial charge in [0, 0.05) is 22.1 Å². The van der Waals surface area contributed by atoms with Gasteiger partial charge >= 0.3 is 0 Å². The molecule has 0 aliphatic carbocycles. The van der Waals surface area contributed by atoms with Gasteiger partial charge < -0.3 is 5.32 Å². The number of benzene rings is 1. The van der Waals surface area contributed by atoms with Crippen LogP contribution in [0, 0.1) is 0 Å². The van der Waals surface area contributed by atoms with Gasteiger partial charge in [0.1, 0.15) is 0 Å². The van der Waals surface area contributed by atoms with Gasteiger partial charge in [-0.3, -0.25) is 4.90 Å². The number of halogens is 3. The lowest BCUT2D eigenvalue weighted by Gasteiger charge is -2.32. The zero-order valence-corrected chi connectivity index (χ0v) is 13.6. The Morgan fingerprint density at radius 1 is 1.39 bits per heavy atom. The van der Waals surface area contributed by atoms with E-state index in [4.69, 9.17) is 11.6 Å². The van der Waals surface area contributed by atoms with Crippen molar-refractivity contribution in [2.75, 3.05) is 20.1 Å². The highest BCUT2D eigenvalue weighted by atomic mass is 79.9. The zero-order chi connectivity index (χ0) is 12.3. The molecule has 1 aromatic rings. The summed E-state index contributed by atoms with van der Waals surface area (Å²) < 4.78 is 1.15. The average molecular weight is 354 g/mol. The van der Waals surface area contributed by atoms with Crippen LogP contribution in [0.1, 0.15) is 18.4 Å². The van der Waals surface area contributed by atoms with Gasteiger partial charge in [0.2, 0.25) is 0 Å². The predicted molar refractivity (Wildman–Crippen MR) is 83.8 cm³/mol. The molecule has 1 saturated heterocycles. The van der Waals surface area contributed by atoms with E-state index < -0.39 is 0 Å². The van der Waals surface area contributed by atoms with Gasteiger partial charge in [-0.1, -0.05) is 27.5 Å². The maximum absolute atomic E-state index is 6.03. The quantitative estimate of drug-likeness (QED) is 0.891. The molecule has 0 saturated carbocycles. The Morgan fingerprint density at radius 3 is 2.67 bits per heavy atom. The molecular weight excluding hydrogens is 335 g/mol. The second-order valence-corrected chi connectivity index (χ2v) is 5.87. The number of nitrogens with one attached hydrogen (secondary N) is 1. The highest BCUT2D eigenvalue weighted by molar-refractivity contribution is 9.10. The summed E-state index contributed by atoms with van der Waals surface area (Å²) in [6, 6.07) is 6.69. The van der Waals surface area contributed by atoms with Crippen molar-refractivity contribution < 1.29 is 0 Å². The average Bonchev–Trinajstić information content (AvgIpc) is 2.35. The lowest BCUT2D eigenvalue weighted by atomic mass is 10.0. The van der Waals surface area contributed by atoms with Crippen molar-refractivity contribution in [3.05, 3.63) is 33.3 Å². The van der Waals surface area contributed by atoms with Crippen LogP contribution in [-0.4, -0.2) is 31.1 Å². The lowest BCUT2D eigenvalue weighted by Crippen LogP contribution is -2.40. The Bertz CT molecular complexity index is 379. The molecule has 18 heavy (non-hydrogen) atoms. The lowest BCUT2D eigenvalue weighted by molar-refractivity contribution is 0.194. The molecule has 0 atom stereocenters. The molecule has 5 heteroatoms. The molecule has 0 unspecified atom stereocenters. The minimum atomic E-state index is 0. The second-order valence-electron chi connectivity index (χ2n) is 4.57. The van der Waals surface area contributed by atoms with Gasteiger partial charge in [-0.05, 0) is 56.7 Å². The van der Waals surface area contributed by atoms with Crippen molar-refractivity contribution in [1.82, 2.24) is 10.2 Å². The minimum Gasteiger partial charge on any atom is -0.317 e. The molecule has 1 fully saturated rings. The van der Waals surface area contributed by atoms with Crippen molar-refractivity contribution in [3.8, 4) is 0 Å². The van der Waals surface area contributed by atoms with E-state index in [0.717, 1.165) is 29.1 Å². The Kier molecular flexibility index (Phi) is 6.96. The van der Waals surface area contributed by atoms with Crippen LogP contribution in [-0.2, 0) is 6.54 Å². The Hall–Kier alpha value is 0.200. The topological polar surface area (TPSA) is 15.3 Å². The van der Waals surface area contributed by atoms with E-state index in [0.29, 0.717) is 6.04 Å². The van der Waals surface area contributed by atoms with E-state index in [1.54, 1.807) is 0 Å². The van der Waals surface area contributed by atoms with Gasteiger partial charge in [0.05, 0.1) is 0 Å². The maximum atomic E-state index is 6.03. The molecule has 0 amide bonds. The molecule has 1 aromatic carbocycles. The molecule has 0 radical (unpaired) electrons. The number of rotatable bonds is 3. The van der Waals surface area contributed by atoms with Crippen LogP contribution in [0.3, 0.4) is 0 Å². The molecule has 1 aliphatic rings. The zero-order valence-electron chi connectivity index (χ0n) is 10.5. The molecule has 0 spiro atoms. The van der Waals surface area contributed by atoms with Crippen LogP contribution in [0.2, 0.25) is 5.02 Å². The highest BCUT2D eigenvalue weighted by Gasteiger charge is 2.18. The maximum Gasteiger partial charge on any atom is 0.0410 e. The Labute approximate surface area is 129 Å². The summed E-state index contributed by atoms with van der Waals surface area (Å²) in [5.74, 6) is 0. The summed E-state index contributed by atoms with van der Waals surface area (Å²) in [6.07, 6.45) is 2.46. The second kappa shape index (κ2) is 7.71. The highest BCUT2D eigenvalue weighted by Crippen LogP contribution is 2.23. The van der Waals surface area contributed by atoms with Crippen LogP contribution >= 0.6 is 39.9 Å². The van der Waals surface area contributed by atoms with Gasteiger partial charge in [-0.25, -0.2) is 0 Å². The monoisotopic (exact) mass is 352 g/mol. The first-order valence-corrected chi connectivity index (χ1v) is 7.19. The van der Waals surface area contributed by atoms with Gasteiger partial charge in [0.25, 0.3) is 0 Å². The molecule has 1 aliphatic heterocycles. The summed E-state index contributed by atoms with van der Waals surface area (Å²) in [6.45, 7) is 3.30. The fourth-order valence-electron chi connectivity index (χ4n) is 2.29. The molecule has 102 valence electrons. The van der Waals surface area contributed by atoms with Gasteiger partial charge in [-0.15, -0.1) is 12.4 Å². The molecule has 2 nitrogen and oxygen atoms in total. The number of nitrogens with zero attached hydrogens (tertiary/aromatic N) is 1.